The number of anilines is 1. The predicted molar refractivity (Wildman–Crippen MR) is 131 cm³/mol. The van der Waals surface area contributed by atoms with Gasteiger partial charge in [-0.15, -0.1) is 0 Å². The summed E-state index contributed by atoms with van der Waals surface area (Å²) in [6.45, 7) is 9.49. The Labute approximate surface area is 197 Å². The summed E-state index contributed by atoms with van der Waals surface area (Å²) in [7, 11) is -3.45. The van der Waals surface area contributed by atoms with E-state index in [0.717, 1.165) is 61.5 Å². The lowest BCUT2D eigenvalue weighted by Gasteiger charge is -2.32. The average Bonchev–Trinajstić information content (AvgIpc) is 2.74. The van der Waals surface area contributed by atoms with Gasteiger partial charge < -0.3 is 15.5 Å². The zero-order valence-electron chi connectivity index (χ0n) is 19.7. The van der Waals surface area contributed by atoms with Crippen molar-refractivity contribution in [2.75, 3.05) is 38.0 Å². The fraction of sp³-hybridized carbons (Fsp3) is 0.500. The Morgan fingerprint density at radius 3 is 2.30 bits per heavy atom. The first-order chi connectivity index (χ1) is 15.7. The van der Waals surface area contributed by atoms with Gasteiger partial charge in [-0.25, -0.2) is 17.9 Å². The molecule has 1 saturated heterocycles. The van der Waals surface area contributed by atoms with E-state index in [2.05, 4.69) is 25.2 Å². The summed E-state index contributed by atoms with van der Waals surface area (Å²) in [4.78, 5) is 19.1. The molecule has 33 heavy (non-hydrogen) atoms. The Bertz CT molecular complexity index is 1010. The molecule has 3 rings (SSSR count). The molecule has 1 aliphatic rings. The molecule has 1 aromatic carbocycles. The van der Waals surface area contributed by atoms with Crippen LogP contribution >= 0.6 is 0 Å². The minimum absolute atomic E-state index is 0.212. The number of sulfonamides is 1. The molecule has 180 valence electrons. The summed E-state index contributed by atoms with van der Waals surface area (Å²) in [6.07, 6.45) is 2.91. The molecule has 9 heteroatoms. The zero-order valence-corrected chi connectivity index (χ0v) is 20.5. The van der Waals surface area contributed by atoms with Gasteiger partial charge in [-0.3, -0.25) is 4.98 Å². The summed E-state index contributed by atoms with van der Waals surface area (Å²) in [5.74, 6) is 0.511. The predicted octanol–water partition coefficient (Wildman–Crippen LogP) is 3.21. The van der Waals surface area contributed by atoms with Gasteiger partial charge >= 0.3 is 6.03 Å². The maximum absolute atomic E-state index is 12.4. The van der Waals surface area contributed by atoms with Crippen molar-refractivity contribution >= 4 is 21.7 Å². The van der Waals surface area contributed by atoms with E-state index in [0.29, 0.717) is 23.9 Å². The number of aromatic nitrogens is 1. The molecule has 1 aromatic heterocycles. The second kappa shape index (κ2) is 11.6. The maximum atomic E-state index is 12.4. The summed E-state index contributed by atoms with van der Waals surface area (Å²) in [5, 5.41) is 5.76. The van der Waals surface area contributed by atoms with Crippen molar-refractivity contribution in [2.24, 2.45) is 5.92 Å². The first-order valence-corrected chi connectivity index (χ1v) is 13.0. The second-order valence-corrected chi connectivity index (χ2v) is 10.6. The molecule has 2 aromatic rings. The molecule has 0 aliphatic carbocycles. The lowest BCUT2D eigenvalue weighted by Crippen LogP contribution is -2.41. The minimum Gasteiger partial charge on any atom is -0.337 e. The molecule has 0 spiro atoms. The van der Waals surface area contributed by atoms with Crippen LogP contribution in [0.15, 0.2) is 41.3 Å². The third-order valence-electron chi connectivity index (χ3n) is 5.94. The molecule has 1 aliphatic heterocycles. The normalized spacial score (nSPS) is 15.4. The van der Waals surface area contributed by atoms with Crippen LogP contribution in [-0.4, -0.2) is 57.1 Å². The van der Waals surface area contributed by atoms with Crippen LogP contribution in [0.5, 0.6) is 0 Å². The number of nitrogens with one attached hydrogen (secondary N) is 3. The highest BCUT2D eigenvalue weighted by molar-refractivity contribution is 7.89. The number of urea groups is 1. The number of piperidine rings is 1. The lowest BCUT2D eigenvalue weighted by molar-refractivity contribution is 0.180. The van der Waals surface area contributed by atoms with Crippen molar-refractivity contribution in [3.8, 4) is 0 Å². The highest BCUT2D eigenvalue weighted by Crippen LogP contribution is 2.20. The van der Waals surface area contributed by atoms with E-state index in [4.69, 9.17) is 0 Å². The van der Waals surface area contributed by atoms with Gasteiger partial charge in [0.05, 0.1) is 4.90 Å². The SMILES string of the molecule is Cc1ccc(S(=O)(=O)NCCC2CCN(CCNC(=O)Nc3cc(C)nc(C)c3)CC2)cc1. The highest BCUT2D eigenvalue weighted by Gasteiger charge is 2.20. The summed E-state index contributed by atoms with van der Waals surface area (Å²) in [6, 6.07) is 10.4. The Hall–Kier alpha value is -2.49. The van der Waals surface area contributed by atoms with Gasteiger partial charge in [0.1, 0.15) is 0 Å². The Kier molecular flexibility index (Phi) is 8.82. The summed E-state index contributed by atoms with van der Waals surface area (Å²) >= 11 is 0. The third-order valence-corrected chi connectivity index (χ3v) is 7.41. The van der Waals surface area contributed by atoms with Gasteiger partial charge in [0.2, 0.25) is 10.0 Å². The van der Waals surface area contributed by atoms with E-state index in [1.54, 1.807) is 12.1 Å². The summed E-state index contributed by atoms with van der Waals surface area (Å²) in [5.41, 5.74) is 3.53. The largest absolute Gasteiger partial charge is 0.337 e. The molecule has 0 radical (unpaired) electrons. The van der Waals surface area contributed by atoms with Crippen LogP contribution in [-0.2, 0) is 10.0 Å². The van der Waals surface area contributed by atoms with Gasteiger partial charge in [-0.05, 0) is 83.3 Å². The third kappa shape index (κ3) is 8.10. The van der Waals surface area contributed by atoms with E-state index in [9.17, 15) is 13.2 Å². The van der Waals surface area contributed by atoms with E-state index in [-0.39, 0.29) is 6.03 Å². The Morgan fingerprint density at radius 1 is 1.03 bits per heavy atom. The van der Waals surface area contributed by atoms with Crippen molar-refractivity contribution in [1.82, 2.24) is 19.9 Å². The molecule has 2 heterocycles. The first-order valence-electron chi connectivity index (χ1n) is 11.5. The second-order valence-electron chi connectivity index (χ2n) is 8.80. The number of pyridine rings is 1. The number of likely N-dealkylation sites (tertiary alicyclic amines) is 1. The molecule has 0 bridgehead atoms. The molecule has 3 N–H and O–H groups in total. The maximum Gasteiger partial charge on any atom is 0.319 e. The van der Waals surface area contributed by atoms with Crippen LogP contribution in [0, 0.1) is 26.7 Å². The minimum atomic E-state index is -3.45. The fourth-order valence-electron chi connectivity index (χ4n) is 4.11. The fourth-order valence-corrected chi connectivity index (χ4v) is 5.15. The number of rotatable bonds is 9. The number of hydrogen-bond acceptors (Lipinski definition) is 5. The van der Waals surface area contributed by atoms with Crippen LogP contribution < -0.4 is 15.4 Å². The van der Waals surface area contributed by atoms with E-state index in [1.807, 2.05) is 45.0 Å². The van der Waals surface area contributed by atoms with Crippen LogP contribution in [0.4, 0.5) is 10.5 Å². The molecule has 0 atom stereocenters. The van der Waals surface area contributed by atoms with Crippen molar-refractivity contribution in [3.63, 3.8) is 0 Å². The number of nitrogens with zero attached hydrogens (tertiary/aromatic N) is 2. The van der Waals surface area contributed by atoms with E-state index >= 15 is 0 Å². The number of aryl methyl sites for hydroxylation is 3. The molecular weight excluding hydrogens is 438 g/mol. The number of carbonyl (C=O) groups is 1. The smallest absolute Gasteiger partial charge is 0.319 e. The van der Waals surface area contributed by atoms with Gasteiger partial charge in [-0.1, -0.05) is 17.7 Å². The number of carbonyl (C=O) groups excluding carboxylic acids is 1. The standard InChI is InChI=1S/C24H35N5O3S/c1-18-4-6-23(7-5-18)33(31,32)26-11-8-21-9-13-29(14-10-21)15-12-25-24(30)28-22-16-19(2)27-20(3)17-22/h4-7,16-17,21,26H,8-15H2,1-3H3,(H2,25,27,28,30). The van der Waals surface area contributed by atoms with Crippen molar-refractivity contribution in [1.29, 1.82) is 0 Å². The monoisotopic (exact) mass is 473 g/mol. The quantitative estimate of drug-likeness (QED) is 0.519. The van der Waals surface area contributed by atoms with Crippen molar-refractivity contribution in [2.45, 2.75) is 44.9 Å². The lowest BCUT2D eigenvalue weighted by atomic mass is 9.94. The first kappa shape index (κ1) is 25.1. The molecule has 2 amide bonds. The number of benzene rings is 1. The zero-order chi connectivity index (χ0) is 23.8. The topological polar surface area (TPSA) is 103 Å². The van der Waals surface area contributed by atoms with Crippen LogP contribution in [0.3, 0.4) is 0 Å². The van der Waals surface area contributed by atoms with Crippen LogP contribution in [0.25, 0.3) is 0 Å². The van der Waals surface area contributed by atoms with Gasteiger partial charge in [0.15, 0.2) is 0 Å². The molecule has 1 fully saturated rings. The Balaban J connectivity index is 1.30. The van der Waals surface area contributed by atoms with Crippen LogP contribution in [0.1, 0.15) is 36.2 Å². The summed E-state index contributed by atoms with van der Waals surface area (Å²) < 4.78 is 27.5. The molecule has 0 unspecified atom stereocenters. The van der Waals surface area contributed by atoms with Gasteiger partial charge in [0, 0.05) is 36.7 Å². The van der Waals surface area contributed by atoms with Crippen LogP contribution in [0.2, 0.25) is 0 Å². The molecular formula is C24H35N5O3S. The highest BCUT2D eigenvalue weighted by atomic mass is 32.2. The van der Waals surface area contributed by atoms with E-state index in [1.165, 1.54) is 0 Å². The number of hydrogen-bond donors (Lipinski definition) is 3. The van der Waals surface area contributed by atoms with Crippen molar-refractivity contribution in [3.05, 3.63) is 53.3 Å². The average molecular weight is 474 g/mol. The van der Waals surface area contributed by atoms with E-state index < -0.39 is 10.0 Å². The molecule has 0 saturated carbocycles. The van der Waals surface area contributed by atoms with Gasteiger partial charge in [-0.2, -0.15) is 0 Å². The molecule has 8 nitrogen and oxygen atoms in total. The Morgan fingerprint density at radius 2 is 1.67 bits per heavy atom. The van der Waals surface area contributed by atoms with Gasteiger partial charge in [0.25, 0.3) is 0 Å². The number of amides is 2. The van der Waals surface area contributed by atoms with Crippen molar-refractivity contribution < 1.29 is 13.2 Å².